The number of para-hydroxylation sites is 1. The van der Waals surface area contributed by atoms with E-state index in [2.05, 4.69) is 21.8 Å². The van der Waals surface area contributed by atoms with Crippen molar-refractivity contribution < 1.29 is 4.79 Å². The molecule has 1 aliphatic rings. The number of anilines is 1. The van der Waals surface area contributed by atoms with Crippen LogP contribution in [0.25, 0.3) is 10.9 Å². The number of benzene rings is 2. The third-order valence-corrected chi connectivity index (χ3v) is 4.36. The molecule has 4 rings (SSSR count). The molecule has 1 N–H and O–H groups in total. The first-order chi connectivity index (χ1) is 13.2. The van der Waals surface area contributed by atoms with Crippen LogP contribution in [-0.4, -0.2) is 21.8 Å². The Morgan fingerprint density at radius 3 is 2.93 bits per heavy atom. The summed E-state index contributed by atoms with van der Waals surface area (Å²) >= 11 is 0. The number of nitrogens with zero attached hydrogens (tertiary/aromatic N) is 3. The van der Waals surface area contributed by atoms with Crippen molar-refractivity contribution in [3.8, 4) is 0 Å². The number of carbonyl (C=O) groups excluding carboxylic acids is 1. The van der Waals surface area contributed by atoms with Crippen LogP contribution in [0.5, 0.6) is 0 Å². The SMILES string of the molecule is C=C/C=C(\C=C/C)N1C(=O)C(=Nc2ccc3cn[nH]c3c2)c2ccccc21. The van der Waals surface area contributed by atoms with Crippen molar-refractivity contribution in [2.75, 3.05) is 4.90 Å². The van der Waals surface area contributed by atoms with Crippen molar-refractivity contribution in [2.24, 2.45) is 4.99 Å². The summed E-state index contributed by atoms with van der Waals surface area (Å²) in [6, 6.07) is 13.4. The van der Waals surface area contributed by atoms with Gasteiger partial charge in [0.2, 0.25) is 0 Å². The molecule has 0 atom stereocenters. The quantitative estimate of drug-likeness (QED) is 0.692. The average molecular weight is 354 g/mol. The summed E-state index contributed by atoms with van der Waals surface area (Å²) in [5.74, 6) is -0.160. The van der Waals surface area contributed by atoms with E-state index in [1.54, 1.807) is 17.2 Å². The second kappa shape index (κ2) is 6.88. The zero-order valence-electron chi connectivity index (χ0n) is 14.9. The van der Waals surface area contributed by atoms with Crippen molar-refractivity contribution >= 4 is 33.9 Å². The molecule has 2 heterocycles. The van der Waals surface area contributed by atoms with E-state index in [1.807, 2.05) is 67.6 Å². The molecule has 1 aromatic heterocycles. The van der Waals surface area contributed by atoms with Gasteiger partial charge in [0.1, 0.15) is 5.71 Å². The van der Waals surface area contributed by atoms with Crippen LogP contribution in [0.1, 0.15) is 12.5 Å². The van der Waals surface area contributed by atoms with E-state index < -0.39 is 0 Å². The van der Waals surface area contributed by atoms with Gasteiger partial charge in [-0.3, -0.25) is 14.8 Å². The van der Waals surface area contributed by atoms with Gasteiger partial charge in [-0.15, -0.1) is 0 Å². The van der Waals surface area contributed by atoms with Crippen LogP contribution in [0.15, 0.2) is 90.2 Å². The number of H-pyrrole nitrogens is 1. The Labute approximate surface area is 157 Å². The van der Waals surface area contributed by atoms with Gasteiger partial charge in [0.05, 0.1) is 23.1 Å². The fourth-order valence-corrected chi connectivity index (χ4v) is 3.18. The van der Waals surface area contributed by atoms with Crippen LogP contribution in [0.2, 0.25) is 0 Å². The maximum Gasteiger partial charge on any atom is 0.282 e. The molecule has 2 aromatic carbocycles. The van der Waals surface area contributed by atoms with Crippen LogP contribution in [-0.2, 0) is 4.79 Å². The summed E-state index contributed by atoms with van der Waals surface area (Å²) in [7, 11) is 0. The highest BCUT2D eigenvalue weighted by Gasteiger charge is 2.35. The van der Waals surface area contributed by atoms with E-state index >= 15 is 0 Å². The molecule has 0 spiro atoms. The van der Waals surface area contributed by atoms with Gasteiger partial charge in [-0.1, -0.05) is 36.9 Å². The number of aliphatic imine (C=N–C) groups is 1. The van der Waals surface area contributed by atoms with Crippen molar-refractivity contribution in [3.63, 3.8) is 0 Å². The van der Waals surface area contributed by atoms with Crippen LogP contribution in [0.4, 0.5) is 11.4 Å². The number of allylic oxidation sites excluding steroid dienone is 4. The highest BCUT2D eigenvalue weighted by molar-refractivity contribution is 6.55. The van der Waals surface area contributed by atoms with Gasteiger partial charge in [-0.05, 0) is 43.3 Å². The molecule has 0 bridgehead atoms. The van der Waals surface area contributed by atoms with E-state index in [9.17, 15) is 4.79 Å². The number of amides is 1. The number of carbonyl (C=O) groups is 1. The molecular formula is C22H18N4O. The van der Waals surface area contributed by atoms with Gasteiger partial charge in [-0.2, -0.15) is 5.10 Å². The first-order valence-corrected chi connectivity index (χ1v) is 8.64. The summed E-state index contributed by atoms with van der Waals surface area (Å²) in [4.78, 5) is 19.6. The number of rotatable bonds is 4. The van der Waals surface area contributed by atoms with Crippen LogP contribution >= 0.6 is 0 Å². The Morgan fingerprint density at radius 1 is 1.26 bits per heavy atom. The molecule has 0 saturated carbocycles. The molecule has 0 unspecified atom stereocenters. The van der Waals surface area contributed by atoms with E-state index in [0.29, 0.717) is 11.4 Å². The number of hydrogen-bond acceptors (Lipinski definition) is 3. The molecular weight excluding hydrogens is 336 g/mol. The number of aromatic nitrogens is 2. The fraction of sp³-hybridized carbons (Fsp3) is 0.0455. The van der Waals surface area contributed by atoms with Crippen LogP contribution < -0.4 is 4.90 Å². The lowest BCUT2D eigenvalue weighted by Gasteiger charge is -2.17. The number of nitrogens with one attached hydrogen (secondary N) is 1. The molecule has 5 heteroatoms. The number of aromatic amines is 1. The van der Waals surface area contributed by atoms with E-state index in [-0.39, 0.29) is 5.91 Å². The lowest BCUT2D eigenvalue weighted by molar-refractivity contribution is -0.111. The second-order valence-corrected chi connectivity index (χ2v) is 6.09. The second-order valence-electron chi connectivity index (χ2n) is 6.09. The molecule has 0 radical (unpaired) electrons. The summed E-state index contributed by atoms with van der Waals surface area (Å²) in [6.45, 7) is 5.67. The van der Waals surface area contributed by atoms with Gasteiger partial charge in [0, 0.05) is 16.6 Å². The van der Waals surface area contributed by atoms with Gasteiger partial charge >= 0.3 is 0 Å². The van der Waals surface area contributed by atoms with Gasteiger partial charge < -0.3 is 0 Å². The van der Waals surface area contributed by atoms with Crippen molar-refractivity contribution in [1.82, 2.24) is 10.2 Å². The number of hydrogen-bond donors (Lipinski definition) is 1. The molecule has 27 heavy (non-hydrogen) atoms. The Balaban J connectivity index is 1.85. The lowest BCUT2D eigenvalue weighted by atomic mass is 10.1. The highest BCUT2D eigenvalue weighted by Crippen LogP contribution is 2.34. The third kappa shape index (κ3) is 2.89. The summed E-state index contributed by atoms with van der Waals surface area (Å²) < 4.78 is 0. The molecule has 5 nitrogen and oxygen atoms in total. The van der Waals surface area contributed by atoms with Crippen molar-refractivity contribution in [2.45, 2.75) is 6.92 Å². The predicted octanol–water partition coefficient (Wildman–Crippen LogP) is 4.68. The smallest absolute Gasteiger partial charge is 0.278 e. The van der Waals surface area contributed by atoms with Crippen LogP contribution in [0.3, 0.4) is 0 Å². The maximum atomic E-state index is 13.2. The Bertz CT molecular complexity index is 1130. The third-order valence-electron chi connectivity index (χ3n) is 4.36. The molecule has 0 aliphatic carbocycles. The minimum absolute atomic E-state index is 0.160. The summed E-state index contributed by atoms with van der Waals surface area (Å²) in [5.41, 5.74) is 4.38. The largest absolute Gasteiger partial charge is 0.282 e. The highest BCUT2D eigenvalue weighted by atomic mass is 16.2. The Hall–Kier alpha value is -3.73. The van der Waals surface area contributed by atoms with Crippen molar-refractivity contribution in [3.05, 3.63) is 90.8 Å². The summed E-state index contributed by atoms with van der Waals surface area (Å²) in [6.07, 6.45) is 9.02. The normalized spacial score (nSPS) is 15.9. The van der Waals surface area contributed by atoms with Gasteiger partial charge in [0.15, 0.2) is 0 Å². The molecule has 0 saturated heterocycles. The maximum absolute atomic E-state index is 13.2. The molecule has 1 aliphatic heterocycles. The topological polar surface area (TPSA) is 61.4 Å². The number of fused-ring (bicyclic) bond motifs is 2. The molecule has 132 valence electrons. The average Bonchev–Trinajstić information content (AvgIpc) is 3.24. The van der Waals surface area contributed by atoms with E-state index in [0.717, 1.165) is 27.9 Å². The lowest BCUT2D eigenvalue weighted by Crippen LogP contribution is -2.28. The van der Waals surface area contributed by atoms with Crippen LogP contribution in [0, 0.1) is 0 Å². The summed E-state index contributed by atoms with van der Waals surface area (Å²) in [5, 5.41) is 7.96. The Morgan fingerprint density at radius 2 is 2.11 bits per heavy atom. The minimum Gasteiger partial charge on any atom is -0.278 e. The minimum atomic E-state index is -0.160. The van der Waals surface area contributed by atoms with Gasteiger partial charge in [-0.25, -0.2) is 4.99 Å². The Kier molecular flexibility index (Phi) is 4.26. The predicted molar refractivity (Wildman–Crippen MR) is 109 cm³/mol. The molecule has 1 amide bonds. The first kappa shape index (κ1) is 16.7. The standard InChI is InChI=1S/C22H18N4O/c1-3-7-17(8-4-2)26-20-10-6-5-9-18(20)21(22(26)27)24-16-12-11-15-14-23-25-19(15)13-16/h3-14H,1H2,2H3,(H,23,25)/b8-4-,17-7+,24-21?. The molecule has 3 aromatic rings. The molecule has 0 fully saturated rings. The zero-order valence-corrected chi connectivity index (χ0v) is 14.9. The van der Waals surface area contributed by atoms with E-state index in [1.165, 1.54) is 0 Å². The van der Waals surface area contributed by atoms with Crippen molar-refractivity contribution in [1.29, 1.82) is 0 Å². The fourth-order valence-electron chi connectivity index (χ4n) is 3.18. The van der Waals surface area contributed by atoms with E-state index in [4.69, 9.17) is 0 Å². The monoisotopic (exact) mass is 354 g/mol. The first-order valence-electron chi connectivity index (χ1n) is 8.64. The zero-order chi connectivity index (χ0) is 18.8. The van der Waals surface area contributed by atoms with Gasteiger partial charge in [0.25, 0.3) is 5.91 Å².